The van der Waals surface area contributed by atoms with E-state index in [1.807, 2.05) is 13.8 Å². The van der Waals surface area contributed by atoms with Crippen molar-refractivity contribution >= 4 is 55.8 Å². The number of nitrogens with zero attached hydrogens (tertiary/aromatic N) is 5. The number of fused-ring (bicyclic) bond motifs is 1. The van der Waals surface area contributed by atoms with Crippen LogP contribution in [-0.2, 0) is 10.0 Å². The van der Waals surface area contributed by atoms with Crippen molar-refractivity contribution in [2.75, 3.05) is 13.1 Å². The molecule has 154 valence electrons. The molecule has 0 bridgehead atoms. The van der Waals surface area contributed by atoms with Gasteiger partial charge in [0.2, 0.25) is 10.0 Å². The molecule has 1 aromatic heterocycles. The number of benzene rings is 2. The smallest absolute Gasteiger partial charge is 0.245 e. The molecule has 1 N–H and O–H groups in total. The van der Waals surface area contributed by atoms with E-state index in [0.29, 0.717) is 42.7 Å². The molecule has 0 saturated heterocycles. The number of aromatic nitrogens is 2. The number of halogens is 1. The van der Waals surface area contributed by atoms with Crippen molar-refractivity contribution in [1.29, 1.82) is 0 Å². The highest BCUT2D eigenvalue weighted by atomic mass is 35.5. The van der Waals surface area contributed by atoms with E-state index in [1.165, 1.54) is 28.6 Å². The first-order valence-electron chi connectivity index (χ1n) is 9.04. The Hall–Kier alpha value is -2.14. The lowest BCUT2D eigenvalue weighted by atomic mass is 10.3. The lowest BCUT2D eigenvalue weighted by Gasteiger charge is -2.21. The lowest BCUT2D eigenvalue weighted by molar-refractivity contribution is 0.410. The second kappa shape index (κ2) is 9.12. The summed E-state index contributed by atoms with van der Waals surface area (Å²) in [4.78, 5) is 0.0354. The van der Waals surface area contributed by atoms with E-state index in [4.69, 9.17) is 11.6 Å². The van der Waals surface area contributed by atoms with Crippen LogP contribution in [0.5, 0.6) is 5.75 Å². The molecule has 0 aliphatic carbocycles. The van der Waals surface area contributed by atoms with Crippen molar-refractivity contribution in [3.8, 4) is 5.75 Å². The molecule has 8 nitrogen and oxygen atoms in total. The quantitative estimate of drug-likeness (QED) is 0.467. The highest BCUT2D eigenvalue weighted by molar-refractivity contribution is 7.89. The fourth-order valence-corrected chi connectivity index (χ4v) is 5.24. The maximum Gasteiger partial charge on any atom is 0.245 e. The van der Waals surface area contributed by atoms with Crippen LogP contribution in [0.15, 0.2) is 45.5 Å². The molecule has 0 aliphatic rings. The minimum Gasteiger partial charge on any atom is -0.506 e. The van der Waals surface area contributed by atoms with E-state index >= 15 is 0 Å². The van der Waals surface area contributed by atoms with Gasteiger partial charge in [-0.1, -0.05) is 25.4 Å². The summed E-state index contributed by atoms with van der Waals surface area (Å²) in [6.45, 7) is 4.68. The number of sulfonamides is 1. The molecule has 29 heavy (non-hydrogen) atoms. The number of aromatic hydroxyl groups is 1. The molecular weight excluding hydrogens is 434 g/mol. The Morgan fingerprint density at radius 3 is 2.48 bits per heavy atom. The van der Waals surface area contributed by atoms with Gasteiger partial charge in [0.05, 0.1) is 22.4 Å². The van der Waals surface area contributed by atoms with Crippen LogP contribution in [0.25, 0.3) is 11.0 Å². The summed E-state index contributed by atoms with van der Waals surface area (Å²) in [5.41, 5.74) is 1.43. The van der Waals surface area contributed by atoms with Crippen LogP contribution >= 0.6 is 23.3 Å². The normalized spacial score (nSPS) is 12.4. The monoisotopic (exact) mass is 453 g/mol. The number of rotatable bonds is 8. The summed E-state index contributed by atoms with van der Waals surface area (Å²) in [7, 11) is -3.79. The summed E-state index contributed by atoms with van der Waals surface area (Å²) in [6, 6.07) is 7.48. The summed E-state index contributed by atoms with van der Waals surface area (Å²) >= 11 is 6.89. The molecule has 11 heteroatoms. The number of phenolic OH excluding ortho intramolecular Hbond substituents is 1. The van der Waals surface area contributed by atoms with Crippen molar-refractivity contribution in [3.63, 3.8) is 0 Å². The SMILES string of the molecule is CCCN(CCC)S(=O)(=O)c1ccc2nsnc2c1N=Nc1ccc(O)c(Cl)c1. The van der Waals surface area contributed by atoms with Crippen LogP contribution in [0.4, 0.5) is 11.4 Å². The first kappa shape index (κ1) is 21.6. The van der Waals surface area contributed by atoms with E-state index in [0.717, 1.165) is 11.7 Å². The van der Waals surface area contributed by atoms with Gasteiger partial charge in [-0.15, -0.1) is 5.11 Å². The van der Waals surface area contributed by atoms with Gasteiger partial charge in [-0.05, 0) is 43.2 Å². The molecule has 0 radical (unpaired) electrons. The van der Waals surface area contributed by atoms with E-state index < -0.39 is 10.0 Å². The molecule has 0 spiro atoms. The van der Waals surface area contributed by atoms with Gasteiger partial charge in [-0.2, -0.15) is 18.2 Å². The molecule has 0 aliphatic heterocycles. The van der Waals surface area contributed by atoms with Crippen molar-refractivity contribution in [2.45, 2.75) is 31.6 Å². The Kier molecular flexibility index (Phi) is 6.78. The summed E-state index contributed by atoms with van der Waals surface area (Å²) < 4.78 is 36.5. The fourth-order valence-electron chi connectivity index (χ4n) is 2.78. The van der Waals surface area contributed by atoms with Crippen LogP contribution < -0.4 is 0 Å². The van der Waals surface area contributed by atoms with Gasteiger partial charge >= 0.3 is 0 Å². The third-order valence-corrected chi connectivity index (χ3v) is 6.90. The molecule has 0 atom stereocenters. The van der Waals surface area contributed by atoms with E-state index in [9.17, 15) is 13.5 Å². The third kappa shape index (κ3) is 4.55. The molecule has 0 amide bonds. The number of hydrogen-bond acceptors (Lipinski definition) is 8. The predicted molar refractivity (Wildman–Crippen MR) is 114 cm³/mol. The van der Waals surface area contributed by atoms with Crippen LogP contribution in [-0.4, -0.2) is 39.7 Å². The molecule has 0 saturated carbocycles. The Morgan fingerprint density at radius 1 is 1.10 bits per heavy atom. The van der Waals surface area contributed by atoms with E-state index in [2.05, 4.69) is 19.0 Å². The zero-order valence-electron chi connectivity index (χ0n) is 15.9. The Morgan fingerprint density at radius 2 is 1.83 bits per heavy atom. The average molecular weight is 454 g/mol. The average Bonchev–Trinajstić information content (AvgIpc) is 3.17. The van der Waals surface area contributed by atoms with E-state index in [-0.39, 0.29) is 21.4 Å². The van der Waals surface area contributed by atoms with Crippen LogP contribution in [0.2, 0.25) is 5.02 Å². The predicted octanol–water partition coefficient (Wildman–Crippen LogP) is 5.28. The largest absolute Gasteiger partial charge is 0.506 e. The van der Waals surface area contributed by atoms with Crippen molar-refractivity contribution in [1.82, 2.24) is 13.1 Å². The number of hydrogen-bond donors (Lipinski definition) is 1. The van der Waals surface area contributed by atoms with Gasteiger partial charge in [0, 0.05) is 13.1 Å². The zero-order chi connectivity index (χ0) is 21.0. The highest BCUT2D eigenvalue weighted by Gasteiger charge is 2.28. The van der Waals surface area contributed by atoms with Gasteiger partial charge < -0.3 is 5.11 Å². The third-order valence-electron chi connectivity index (χ3n) is 4.12. The molecule has 0 fully saturated rings. The molecule has 0 unspecified atom stereocenters. The first-order chi connectivity index (χ1) is 13.9. The Labute approximate surface area is 178 Å². The molecule has 3 rings (SSSR count). The van der Waals surface area contributed by atoms with Gasteiger partial charge in [-0.3, -0.25) is 0 Å². The summed E-state index contributed by atoms with van der Waals surface area (Å²) in [6.07, 6.45) is 1.39. The summed E-state index contributed by atoms with van der Waals surface area (Å²) in [5, 5.41) is 18.0. The summed E-state index contributed by atoms with van der Waals surface area (Å²) in [5.74, 6) is -0.0746. The first-order valence-corrected chi connectivity index (χ1v) is 11.6. The van der Waals surface area contributed by atoms with E-state index in [1.54, 1.807) is 6.07 Å². The van der Waals surface area contributed by atoms with Crippen LogP contribution in [0.3, 0.4) is 0 Å². The maximum absolute atomic E-state index is 13.3. The second-order valence-corrected chi connectivity index (χ2v) is 9.13. The molecule has 2 aromatic carbocycles. The van der Waals surface area contributed by atoms with Gasteiger partial charge in [0.1, 0.15) is 27.4 Å². The van der Waals surface area contributed by atoms with Crippen LogP contribution in [0.1, 0.15) is 26.7 Å². The van der Waals surface area contributed by atoms with Crippen LogP contribution in [0, 0.1) is 0 Å². The number of phenols is 1. The van der Waals surface area contributed by atoms with Gasteiger partial charge in [-0.25, -0.2) is 8.42 Å². The second-order valence-electron chi connectivity index (χ2n) is 6.28. The Bertz CT molecular complexity index is 1140. The Balaban J connectivity index is 2.13. The fraction of sp³-hybridized carbons (Fsp3) is 0.333. The molecule has 3 aromatic rings. The maximum atomic E-state index is 13.3. The van der Waals surface area contributed by atoms with Crippen molar-refractivity contribution < 1.29 is 13.5 Å². The standard InChI is InChI=1S/C18H20ClN5O3S2/c1-3-9-24(10-4-2)29(26,27)16-8-6-14-17(23-28-22-14)18(16)21-20-12-5-7-15(25)13(19)11-12/h5-8,11,25H,3-4,9-10H2,1-2H3. The van der Waals surface area contributed by atoms with Gasteiger partial charge in [0.25, 0.3) is 0 Å². The molecular formula is C18H20ClN5O3S2. The van der Waals surface area contributed by atoms with Crippen molar-refractivity contribution in [2.24, 2.45) is 10.2 Å². The minimum atomic E-state index is -3.79. The van der Waals surface area contributed by atoms with Gasteiger partial charge in [0.15, 0.2) is 0 Å². The minimum absolute atomic E-state index is 0.0354. The lowest BCUT2D eigenvalue weighted by Crippen LogP contribution is -2.32. The molecule has 1 heterocycles. The highest BCUT2D eigenvalue weighted by Crippen LogP contribution is 2.36. The van der Waals surface area contributed by atoms with Crippen molar-refractivity contribution in [3.05, 3.63) is 35.4 Å². The zero-order valence-corrected chi connectivity index (χ0v) is 18.3. The topological polar surface area (TPSA) is 108 Å². The number of azo groups is 1.